The number of piperidine rings is 1. The van der Waals surface area contributed by atoms with Crippen molar-refractivity contribution in [3.63, 3.8) is 0 Å². The van der Waals surface area contributed by atoms with Gasteiger partial charge in [-0.05, 0) is 45.6 Å². The molecule has 28 heavy (non-hydrogen) atoms. The van der Waals surface area contributed by atoms with Crippen molar-refractivity contribution in [3.8, 4) is 0 Å². The molecule has 1 unspecified atom stereocenters. The molecule has 0 saturated carbocycles. The van der Waals surface area contributed by atoms with Crippen LogP contribution in [-0.4, -0.2) is 45.3 Å². The van der Waals surface area contributed by atoms with Crippen molar-refractivity contribution in [3.05, 3.63) is 35.2 Å². The molecule has 1 N–H and O–H groups in total. The molecular weight excluding hydrogens is 356 g/mol. The summed E-state index contributed by atoms with van der Waals surface area (Å²) in [5, 5.41) is 8.38. The van der Waals surface area contributed by atoms with Crippen LogP contribution < -0.4 is 10.2 Å². The summed E-state index contributed by atoms with van der Waals surface area (Å²) in [6.45, 7) is 8.02. The second kappa shape index (κ2) is 7.26. The van der Waals surface area contributed by atoms with E-state index >= 15 is 0 Å². The fourth-order valence-electron chi connectivity index (χ4n) is 3.97. The highest BCUT2D eigenvalue weighted by Gasteiger charge is 2.25. The van der Waals surface area contributed by atoms with Crippen LogP contribution >= 0.6 is 0 Å². The monoisotopic (exact) mass is 382 g/mol. The van der Waals surface area contributed by atoms with E-state index in [2.05, 4.69) is 20.3 Å². The molecule has 4 heterocycles. The van der Waals surface area contributed by atoms with E-state index in [0.717, 1.165) is 54.4 Å². The number of aromatic nitrogens is 4. The molecule has 3 aromatic heterocycles. The number of amides is 1. The van der Waals surface area contributed by atoms with Crippen LogP contribution in [0.2, 0.25) is 0 Å². The van der Waals surface area contributed by atoms with Crippen molar-refractivity contribution in [1.29, 1.82) is 0 Å². The number of nitrogens with zero attached hydrogens (tertiary/aromatic N) is 5. The SMILES string of the molecule is Cc1nc(N2CCCC(CNC(=O)c3cc(C)oc3C)C2)c2cnn(C)c2n1. The number of fused-ring (bicyclic) bond motifs is 1. The van der Waals surface area contributed by atoms with Gasteiger partial charge in [0.05, 0.1) is 17.1 Å². The number of carbonyl (C=O) groups is 1. The second-order valence-corrected chi connectivity index (χ2v) is 7.59. The van der Waals surface area contributed by atoms with Gasteiger partial charge in [-0.2, -0.15) is 5.10 Å². The molecule has 0 radical (unpaired) electrons. The smallest absolute Gasteiger partial charge is 0.254 e. The summed E-state index contributed by atoms with van der Waals surface area (Å²) >= 11 is 0. The Kier molecular flexibility index (Phi) is 4.78. The predicted octanol–water partition coefficient (Wildman–Crippen LogP) is 2.53. The van der Waals surface area contributed by atoms with E-state index in [1.165, 1.54) is 0 Å². The van der Waals surface area contributed by atoms with Crippen LogP contribution in [0.15, 0.2) is 16.7 Å². The van der Waals surface area contributed by atoms with E-state index in [4.69, 9.17) is 9.40 Å². The minimum Gasteiger partial charge on any atom is -0.466 e. The Morgan fingerprint density at radius 3 is 2.89 bits per heavy atom. The van der Waals surface area contributed by atoms with Crippen LogP contribution in [0.5, 0.6) is 0 Å². The Morgan fingerprint density at radius 1 is 1.32 bits per heavy atom. The third kappa shape index (κ3) is 3.46. The van der Waals surface area contributed by atoms with Crippen LogP contribution in [-0.2, 0) is 7.05 Å². The van der Waals surface area contributed by atoms with Gasteiger partial charge < -0.3 is 14.6 Å². The third-order valence-corrected chi connectivity index (χ3v) is 5.34. The summed E-state index contributed by atoms with van der Waals surface area (Å²) in [6, 6.07) is 1.79. The van der Waals surface area contributed by atoms with Crippen LogP contribution in [0.4, 0.5) is 5.82 Å². The zero-order valence-electron chi connectivity index (χ0n) is 16.8. The van der Waals surface area contributed by atoms with Crippen molar-refractivity contribution >= 4 is 22.8 Å². The quantitative estimate of drug-likeness (QED) is 0.746. The number of hydrogen-bond acceptors (Lipinski definition) is 6. The van der Waals surface area contributed by atoms with E-state index in [-0.39, 0.29) is 5.91 Å². The first-order chi connectivity index (χ1) is 13.4. The van der Waals surface area contributed by atoms with Crippen molar-refractivity contribution in [1.82, 2.24) is 25.1 Å². The normalized spacial score (nSPS) is 17.3. The number of rotatable bonds is 4. The molecular formula is C20H26N6O2. The highest BCUT2D eigenvalue weighted by Crippen LogP contribution is 2.27. The summed E-state index contributed by atoms with van der Waals surface area (Å²) < 4.78 is 7.25. The minimum atomic E-state index is -0.0704. The van der Waals surface area contributed by atoms with Crippen LogP contribution in [0.3, 0.4) is 0 Å². The highest BCUT2D eigenvalue weighted by atomic mass is 16.3. The number of aryl methyl sites for hydroxylation is 4. The molecule has 0 spiro atoms. The highest BCUT2D eigenvalue weighted by molar-refractivity contribution is 5.95. The standard InChI is InChI=1S/C20H26N6O2/c1-12-8-16(13(2)28-12)20(27)21-9-15-6-5-7-26(11-15)19-17-10-22-25(4)18(17)23-14(3)24-19/h8,10,15H,5-7,9,11H2,1-4H3,(H,21,27). The summed E-state index contributed by atoms with van der Waals surface area (Å²) in [5.74, 6) is 3.40. The predicted molar refractivity (Wildman–Crippen MR) is 106 cm³/mol. The van der Waals surface area contributed by atoms with Gasteiger partial charge in [-0.3, -0.25) is 9.48 Å². The molecule has 3 aromatic rings. The molecule has 0 bridgehead atoms. The molecule has 4 rings (SSSR count). The number of furan rings is 1. The number of nitrogens with one attached hydrogen (secondary N) is 1. The lowest BCUT2D eigenvalue weighted by Crippen LogP contribution is -2.41. The van der Waals surface area contributed by atoms with Gasteiger partial charge in [-0.1, -0.05) is 0 Å². The second-order valence-electron chi connectivity index (χ2n) is 7.59. The van der Waals surface area contributed by atoms with Gasteiger partial charge in [0.25, 0.3) is 5.91 Å². The lowest BCUT2D eigenvalue weighted by Gasteiger charge is -2.34. The summed E-state index contributed by atoms with van der Waals surface area (Å²) in [5.41, 5.74) is 1.47. The third-order valence-electron chi connectivity index (χ3n) is 5.34. The zero-order valence-corrected chi connectivity index (χ0v) is 16.8. The van der Waals surface area contributed by atoms with E-state index < -0.39 is 0 Å². The minimum absolute atomic E-state index is 0.0704. The molecule has 1 saturated heterocycles. The largest absolute Gasteiger partial charge is 0.466 e. The topological polar surface area (TPSA) is 89.1 Å². The molecule has 1 atom stereocenters. The Hall–Kier alpha value is -2.90. The summed E-state index contributed by atoms with van der Waals surface area (Å²) in [6.07, 6.45) is 3.98. The van der Waals surface area contributed by atoms with Gasteiger partial charge >= 0.3 is 0 Å². The van der Waals surface area contributed by atoms with Gasteiger partial charge in [-0.15, -0.1) is 0 Å². The molecule has 8 heteroatoms. The van der Waals surface area contributed by atoms with E-state index in [9.17, 15) is 4.79 Å². The molecule has 1 aliphatic rings. The van der Waals surface area contributed by atoms with E-state index in [1.54, 1.807) is 10.7 Å². The fraction of sp³-hybridized carbons (Fsp3) is 0.500. The van der Waals surface area contributed by atoms with Crippen molar-refractivity contribution in [2.45, 2.75) is 33.6 Å². The Bertz CT molecular complexity index is 1020. The van der Waals surface area contributed by atoms with Crippen molar-refractivity contribution in [2.75, 3.05) is 24.5 Å². The van der Waals surface area contributed by atoms with Gasteiger partial charge in [0, 0.05) is 26.7 Å². The fourth-order valence-corrected chi connectivity index (χ4v) is 3.97. The average Bonchev–Trinajstić information content (AvgIpc) is 3.21. The van der Waals surface area contributed by atoms with Crippen LogP contribution in [0, 0.1) is 26.7 Å². The molecule has 1 amide bonds. The molecule has 8 nitrogen and oxygen atoms in total. The first kappa shape index (κ1) is 18.5. The average molecular weight is 382 g/mol. The zero-order chi connectivity index (χ0) is 19.8. The number of anilines is 1. The van der Waals surface area contributed by atoms with Crippen LogP contribution in [0.25, 0.3) is 11.0 Å². The van der Waals surface area contributed by atoms with Crippen LogP contribution in [0.1, 0.15) is 40.5 Å². The maximum absolute atomic E-state index is 12.5. The number of carbonyl (C=O) groups excluding carboxylic acids is 1. The first-order valence-corrected chi connectivity index (χ1v) is 9.69. The number of hydrogen-bond donors (Lipinski definition) is 1. The van der Waals surface area contributed by atoms with Gasteiger partial charge in [0.15, 0.2) is 5.65 Å². The lowest BCUT2D eigenvalue weighted by atomic mass is 9.97. The summed E-state index contributed by atoms with van der Waals surface area (Å²) in [7, 11) is 1.90. The lowest BCUT2D eigenvalue weighted by molar-refractivity contribution is 0.0944. The van der Waals surface area contributed by atoms with E-state index in [1.807, 2.05) is 34.0 Å². The Morgan fingerprint density at radius 2 is 2.14 bits per heavy atom. The van der Waals surface area contributed by atoms with Gasteiger partial charge in [-0.25, -0.2) is 9.97 Å². The molecule has 148 valence electrons. The maximum atomic E-state index is 12.5. The molecule has 0 aliphatic carbocycles. The van der Waals surface area contributed by atoms with Crippen molar-refractivity contribution in [2.24, 2.45) is 13.0 Å². The van der Waals surface area contributed by atoms with E-state index in [0.29, 0.717) is 23.8 Å². The van der Waals surface area contributed by atoms with Gasteiger partial charge in [0.1, 0.15) is 23.2 Å². The first-order valence-electron chi connectivity index (χ1n) is 9.69. The van der Waals surface area contributed by atoms with Gasteiger partial charge in [0.2, 0.25) is 0 Å². The molecule has 0 aromatic carbocycles. The van der Waals surface area contributed by atoms with Crippen molar-refractivity contribution < 1.29 is 9.21 Å². The maximum Gasteiger partial charge on any atom is 0.254 e. The summed E-state index contributed by atoms with van der Waals surface area (Å²) in [4.78, 5) is 24.0. The molecule has 1 fully saturated rings. The Labute approximate surface area is 163 Å². The molecule has 1 aliphatic heterocycles. The Balaban J connectivity index is 1.46.